The van der Waals surface area contributed by atoms with Gasteiger partial charge in [-0.3, -0.25) is 4.79 Å². The number of hydrogen-bond acceptors (Lipinski definition) is 4. The number of benzene rings is 1. The van der Waals surface area contributed by atoms with Crippen molar-refractivity contribution in [3.05, 3.63) is 40.6 Å². The van der Waals surface area contributed by atoms with E-state index >= 15 is 0 Å². The highest BCUT2D eigenvalue weighted by Crippen LogP contribution is 2.33. The van der Waals surface area contributed by atoms with Crippen LogP contribution in [0, 0.1) is 0 Å². The van der Waals surface area contributed by atoms with Crippen LogP contribution in [0.5, 0.6) is 5.75 Å². The number of nitrogens with two attached hydrogens (primary N) is 1. The van der Waals surface area contributed by atoms with Crippen LogP contribution in [-0.4, -0.2) is 19.1 Å². The van der Waals surface area contributed by atoms with E-state index in [0.717, 1.165) is 11.4 Å². The SMILES string of the molecule is Nc1ccsc1C(=O)N1CCOc2ccccc21. The number of ether oxygens (including phenoxy) is 1. The van der Waals surface area contributed by atoms with Gasteiger partial charge in [-0.15, -0.1) is 11.3 Å². The Morgan fingerprint density at radius 1 is 1.33 bits per heavy atom. The molecule has 18 heavy (non-hydrogen) atoms. The predicted octanol–water partition coefficient (Wildman–Crippen LogP) is 2.37. The second-order valence-electron chi connectivity index (χ2n) is 3.98. The Kier molecular flexibility index (Phi) is 2.68. The summed E-state index contributed by atoms with van der Waals surface area (Å²) in [6.45, 7) is 1.06. The number of rotatable bonds is 1. The summed E-state index contributed by atoms with van der Waals surface area (Å²) in [6, 6.07) is 9.30. The number of para-hydroxylation sites is 2. The van der Waals surface area contributed by atoms with Crippen LogP contribution in [0.1, 0.15) is 9.67 Å². The molecule has 1 amide bonds. The fraction of sp³-hybridized carbons (Fsp3) is 0.154. The van der Waals surface area contributed by atoms with Gasteiger partial charge in [0.15, 0.2) is 0 Å². The summed E-state index contributed by atoms with van der Waals surface area (Å²) in [7, 11) is 0. The zero-order chi connectivity index (χ0) is 12.5. The third-order valence-electron chi connectivity index (χ3n) is 2.86. The number of thiophene rings is 1. The molecule has 0 radical (unpaired) electrons. The van der Waals surface area contributed by atoms with Crippen LogP contribution >= 0.6 is 11.3 Å². The largest absolute Gasteiger partial charge is 0.490 e. The number of nitrogen functional groups attached to an aromatic ring is 1. The van der Waals surface area contributed by atoms with Gasteiger partial charge in [0, 0.05) is 0 Å². The van der Waals surface area contributed by atoms with Gasteiger partial charge in [0.25, 0.3) is 5.91 Å². The lowest BCUT2D eigenvalue weighted by molar-refractivity contribution is 0.0981. The number of nitrogens with zero attached hydrogens (tertiary/aromatic N) is 1. The van der Waals surface area contributed by atoms with E-state index in [0.29, 0.717) is 23.7 Å². The Morgan fingerprint density at radius 2 is 2.17 bits per heavy atom. The minimum atomic E-state index is -0.0572. The van der Waals surface area contributed by atoms with Crippen LogP contribution in [0.2, 0.25) is 0 Å². The minimum Gasteiger partial charge on any atom is -0.490 e. The molecule has 4 nitrogen and oxygen atoms in total. The smallest absolute Gasteiger partial charge is 0.270 e. The summed E-state index contributed by atoms with van der Waals surface area (Å²) in [5.74, 6) is 0.686. The Hall–Kier alpha value is -2.01. The molecule has 0 fully saturated rings. The topological polar surface area (TPSA) is 55.6 Å². The van der Waals surface area contributed by atoms with E-state index in [9.17, 15) is 4.79 Å². The number of carbonyl (C=O) groups excluding carboxylic acids is 1. The lowest BCUT2D eigenvalue weighted by Gasteiger charge is -2.29. The molecule has 3 rings (SSSR count). The first-order valence-corrected chi connectivity index (χ1v) is 6.52. The van der Waals surface area contributed by atoms with Crippen LogP contribution in [0.4, 0.5) is 11.4 Å². The molecule has 0 unspecified atom stereocenters. The Bertz CT molecular complexity index is 594. The lowest BCUT2D eigenvalue weighted by Crippen LogP contribution is -2.37. The summed E-state index contributed by atoms with van der Waals surface area (Å²) in [5.41, 5.74) is 7.14. The molecule has 0 bridgehead atoms. The van der Waals surface area contributed by atoms with Crippen LogP contribution in [0.15, 0.2) is 35.7 Å². The van der Waals surface area contributed by atoms with Gasteiger partial charge in [-0.25, -0.2) is 0 Å². The van der Waals surface area contributed by atoms with E-state index in [4.69, 9.17) is 10.5 Å². The zero-order valence-electron chi connectivity index (χ0n) is 9.63. The Morgan fingerprint density at radius 3 is 2.94 bits per heavy atom. The molecule has 2 aromatic rings. The highest BCUT2D eigenvalue weighted by Gasteiger charge is 2.26. The molecule has 0 aliphatic carbocycles. The van der Waals surface area contributed by atoms with Gasteiger partial charge in [0.05, 0.1) is 17.9 Å². The second kappa shape index (κ2) is 4.34. The normalized spacial score (nSPS) is 13.9. The molecule has 1 aromatic carbocycles. The van der Waals surface area contributed by atoms with Gasteiger partial charge in [0.1, 0.15) is 17.2 Å². The van der Waals surface area contributed by atoms with Crippen molar-refractivity contribution in [2.75, 3.05) is 23.8 Å². The van der Waals surface area contributed by atoms with Gasteiger partial charge >= 0.3 is 0 Å². The van der Waals surface area contributed by atoms with Crippen molar-refractivity contribution in [2.45, 2.75) is 0 Å². The molecular weight excluding hydrogens is 248 g/mol. The maximum atomic E-state index is 12.4. The summed E-state index contributed by atoms with van der Waals surface area (Å²) in [5, 5.41) is 1.83. The Balaban J connectivity index is 2.00. The quantitative estimate of drug-likeness (QED) is 0.856. The first kappa shape index (κ1) is 11.1. The van der Waals surface area contributed by atoms with Gasteiger partial charge in [-0.2, -0.15) is 0 Å². The number of anilines is 2. The fourth-order valence-electron chi connectivity index (χ4n) is 2.00. The van der Waals surface area contributed by atoms with Crippen molar-refractivity contribution in [1.29, 1.82) is 0 Å². The molecule has 1 aliphatic rings. The van der Waals surface area contributed by atoms with E-state index in [1.807, 2.05) is 29.6 Å². The minimum absolute atomic E-state index is 0.0572. The maximum Gasteiger partial charge on any atom is 0.270 e. The Labute approximate surface area is 109 Å². The molecule has 1 aromatic heterocycles. The number of carbonyl (C=O) groups is 1. The van der Waals surface area contributed by atoms with Crippen LogP contribution in [0.25, 0.3) is 0 Å². The molecule has 2 N–H and O–H groups in total. The zero-order valence-corrected chi connectivity index (χ0v) is 10.4. The van der Waals surface area contributed by atoms with E-state index in [1.165, 1.54) is 11.3 Å². The maximum absolute atomic E-state index is 12.4. The van der Waals surface area contributed by atoms with E-state index in [-0.39, 0.29) is 5.91 Å². The summed E-state index contributed by atoms with van der Waals surface area (Å²) < 4.78 is 5.53. The molecule has 5 heteroatoms. The lowest BCUT2D eigenvalue weighted by atomic mass is 10.2. The van der Waals surface area contributed by atoms with Gasteiger partial charge in [-0.1, -0.05) is 12.1 Å². The average Bonchev–Trinajstić information content (AvgIpc) is 2.83. The van der Waals surface area contributed by atoms with Crippen LogP contribution in [0.3, 0.4) is 0 Å². The third-order valence-corrected chi connectivity index (χ3v) is 3.78. The fourth-order valence-corrected chi connectivity index (χ4v) is 2.76. The van der Waals surface area contributed by atoms with Crippen molar-refractivity contribution in [1.82, 2.24) is 0 Å². The van der Waals surface area contributed by atoms with Crippen molar-refractivity contribution in [3.63, 3.8) is 0 Å². The van der Waals surface area contributed by atoms with Crippen LogP contribution < -0.4 is 15.4 Å². The van der Waals surface area contributed by atoms with Gasteiger partial charge in [0.2, 0.25) is 0 Å². The van der Waals surface area contributed by atoms with E-state index in [1.54, 1.807) is 11.0 Å². The molecule has 0 spiro atoms. The number of fused-ring (bicyclic) bond motifs is 1. The highest BCUT2D eigenvalue weighted by atomic mass is 32.1. The molecular formula is C13H12N2O2S. The average molecular weight is 260 g/mol. The molecule has 0 saturated carbocycles. The number of amides is 1. The molecule has 1 aliphatic heterocycles. The van der Waals surface area contributed by atoms with Crippen molar-refractivity contribution >= 4 is 28.6 Å². The van der Waals surface area contributed by atoms with Crippen LogP contribution in [-0.2, 0) is 0 Å². The number of hydrogen-bond donors (Lipinski definition) is 1. The summed E-state index contributed by atoms with van der Waals surface area (Å²) in [6.07, 6.45) is 0. The predicted molar refractivity (Wildman–Crippen MR) is 72.3 cm³/mol. The van der Waals surface area contributed by atoms with Crippen molar-refractivity contribution in [3.8, 4) is 5.75 Å². The summed E-state index contributed by atoms with van der Waals surface area (Å²) in [4.78, 5) is 14.8. The molecule has 0 atom stereocenters. The first-order chi connectivity index (χ1) is 8.77. The molecule has 2 heterocycles. The first-order valence-electron chi connectivity index (χ1n) is 5.64. The van der Waals surface area contributed by atoms with Crippen molar-refractivity contribution in [2.24, 2.45) is 0 Å². The molecule has 92 valence electrons. The monoisotopic (exact) mass is 260 g/mol. The third kappa shape index (κ3) is 1.73. The molecule has 0 saturated heterocycles. The summed E-state index contributed by atoms with van der Waals surface area (Å²) >= 11 is 1.37. The van der Waals surface area contributed by atoms with Crippen molar-refractivity contribution < 1.29 is 9.53 Å². The van der Waals surface area contributed by atoms with E-state index < -0.39 is 0 Å². The van der Waals surface area contributed by atoms with E-state index in [2.05, 4.69) is 0 Å². The van der Waals surface area contributed by atoms with Gasteiger partial charge in [-0.05, 0) is 23.6 Å². The highest BCUT2D eigenvalue weighted by molar-refractivity contribution is 7.12. The second-order valence-corrected chi connectivity index (χ2v) is 4.89. The van der Waals surface area contributed by atoms with Gasteiger partial charge < -0.3 is 15.4 Å². The standard InChI is InChI=1S/C13H12N2O2S/c14-9-5-8-18-12(9)13(16)15-6-7-17-11-4-2-1-3-10(11)15/h1-5,8H,6-7,14H2.